The molecule has 1 aromatic heterocycles. The van der Waals surface area contributed by atoms with Crippen LogP contribution in [0.4, 0.5) is 5.13 Å². The zero-order chi connectivity index (χ0) is 27.3. The standard InChI is InChI=1S/C29H38N4O4S/c1-5-6-7-8-12-27(35)33(17-15-22-13-14-24(36-3)25(20-22)37-4)18-16-26(34)30-29-32-31-28(38-29)23-11-9-10-21(2)19-23/h9-11,13-14,19-20H,5-8,12,15-18H2,1-4H3,(H,30,32,34). The van der Waals surface area contributed by atoms with Crippen molar-refractivity contribution in [2.75, 3.05) is 32.6 Å². The summed E-state index contributed by atoms with van der Waals surface area (Å²) in [6.07, 6.45) is 5.46. The number of methoxy groups -OCH3 is 2. The van der Waals surface area contributed by atoms with E-state index in [9.17, 15) is 9.59 Å². The topological polar surface area (TPSA) is 93.7 Å². The summed E-state index contributed by atoms with van der Waals surface area (Å²) in [4.78, 5) is 27.6. The Hall–Kier alpha value is -3.46. The number of rotatable bonds is 15. The monoisotopic (exact) mass is 538 g/mol. The summed E-state index contributed by atoms with van der Waals surface area (Å²) >= 11 is 1.34. The number of ether oxygens (including phenoxy) is 2. The molecule has 1 heterocycles. The molecule has 0 atom stereocenters. The smallest absolute Gasteiger partial charge is 0.227 e. The van der Waals surface area contributed by atoms with Gasteiger partial charge in [0.2, 0.25) is 16.9 Å². The molecule has 1 N–H and O–H groups in total. The molecule has 2 amide bonds. The van der Waals surface area contributed by atoms with Crippen LogP contribution in [0.15, 0.2) is 42.5 Å². The summed E-state index contributed by atoms with van der Waals surface area (Å²) in [5, 5.41) is 12.4. The van der Waals surface area contributed by atoms with Gasteiger partial charge in [-0.25, -0.2) is 0 Å². The molecule has 3 rings (SSSR count). The number of amides is 2. The zero-order valence-electron chi connectivity index (χ0n) is 22.8. The van der Waals surface area contributed by atoms with Gasteiger partial charge in [-0.15, -0.1) is 10.2 Å². The van der Waals surface area contributed by atoms with Crippen molar-refractivity contribution < 1.29 is 19.1 Å². The molecule has 3 aromatic rings. The van der Waals surface area contributed by atoms with Gasteiger partial charge >= 0.3 is 0 Å². The minimum atomic E-state index is -0.188. The van der Waals surface area contributed by atoms with Gasteiger partial charge in [0, 0.05) is 31.5 Å². The Morgan fingerprint density at radius 1 is 0.947 bits per heavy atom. The summed E-state index contributed by atoms with van der Waals surface area (Å²) in [6.45, 7) is 5.04. The van der Waals surface area contributed by atoms with E-state index in [1.165, 1.54) is 11.3 Å². The SMILES string of the molecule is CCCCCCC(=O)N(CCC(=O)Nc1nnc(-c2cccc(C)c2)s1)CCc1ccc(OC)c(OC)c1. The molecule has 9 heteroatoms. The van der Waals surface area contributed by atoms with Crippen molar-refractivity contribution >= 4 is 28.3 Å². The predicted molar refractivity (Wildman–Crippen MR) is 152 cm³/mol. The number of anilines is 1. The van der Waals surface area contributed by atoms with Gasteiger partial charge in [0.25, 0.3) is 0 Å². The van der Waals surface area contributed by atoms with Gasteiger partial charge in [0.1, 0.15) is 5.01 Å². The minimum absolute atomic E-state index is 0.0760. The lowest BCUT2D eigenvalue weighted by Crippen LogP contribution is -2.35. The van der Waals surface area contributed by atoms with Gasteiger partial charge in [-0.3, -0.25) is 9.59 Å². The summed E-state index contributed by atoms with van der Waals surface area (Å²) in [6, 6.07) is 13.8. The lowest BCUT2D eigenvalue weighted by molar-refractivity contribution is -0.131. The number of carbonyl (C=O) groups excluding carboxylic acids is 2. The van der Waals surface area contributed by atoms with Crippen molar-refractivity contribution in [3.63, 3.8) is 0 Å². The highest BCUT2D eigenvalue weighted by molar-refractivity contribution is 7.18. The van der Waals surface area contributed by atoms with Crippen LogP contribution in [0, 0.1) is 6.92 Å². The molecule has 204 valence electrons. The van der Waals surface area contributed by atoms with Crippen molar-refractivity contribution in [3.05, 3.63) is 53.6 Å². The third-order valence-corrected chi connectivity index (χ3v) is 7.15. The molecule has 0 aliphatic carbocycles. The fourth-order valence-electron chi connectivity index (χ4n) is 4.11. The highest BCUT2D eigenvalue weighted by Crippen LogP contribution is 2.28. The van der Waals surface area contributed by atoms with Gasteiger partial charge in [0.15, 0.2) is 11.5 Å². The molecule has 0 fully saturated rings. The number of hydrogen-bond acceptors (Lipinski definition) is 7. The zero-order valence-corrected chi connectivity index (χ0v) is 23.6. The summed E-state index contributed by atoms with van der Waals surface area (Å²) in [7, 11) is 3.21. The summed E-state index contributed by atoms with van der Waals surface area (Å²) in [5.41, 5.74) is 3.14. The third-order valence-electron chi connectivity index (χ3n) is 6.26. The number of unbranched alkanes of at least 4 members (excludes halogenated alkanes) is 3. The van der Waals surface area contributed by atoms with Crippen LogP contribution in [0.25, 0.3) is 10.6 Å². The molecular weight excluding hydrogens is 500 g/mol. The van der Waals surface area contributed by atoms with Gasteiger partial charge in [0.05, 0.1) is 14.2 Å². The van der Waals surface area contributed by atoms with E-state index >= 15 is 0 Å². The molecule has 0 unspecified atom stereocenters. The summed E-state index contributed by atoms with van der Waals surface area (Å²) in [5.74, 6) is 1.21. The van der Waals surface area contributed by atoms with Crippen LogP contribution in [0.1, 0.15) is 56.6 Å². The second-order valence-electron chi connectivity index (χ2n) is 9.21. The Kier molecular flexibility index (Phi) is 11.5. The Balaban J connectivity index is 1.59. The average molecular weight is 539 g/mol. The first-order valence-corrected chi connectivity index (χ1v) is 13.9. The second-order valence-corrected chi connectivity index (χ2v) is 10.2. The summed E-state index contributed by atoms with van der Waals surface area (Å²) < 4.78 is 10.7. The van der Waals surface area contributed by atoms with Crippen molar-refractivity contribution in [2.24, 2.45) is 0 Å². The van der Waals surface area contributed by atoms with E-state index in [2.05, 4.69) is 22.4 Å². The highest BCUT2D eigenvalue weighted by Gasteiger charge is 2.17. The van der Waals surface area contributed by atoms with E-state index in [4.69, 9.17) is 9.47 Å². The Morgan fingerprint density at radius 2 is 1.76 bits per heavy atom. The van der Waals surface area contributed by atoms with Crippen molar-refractivity contribution in [1.82, 2.24) is 15.1 Å². The Bertz CT molecular complexity index is 1200. The number of aromatic nitrogens is 2. The molecule has 0 bridgehead atoms. The largest absolute Gasteiger partial charge is 0.493 e. The first-order chi connectivity index (χ1) is 18.4. The van der Waals surface area contributed by atoms with E-state index in [1.54, 1.807) is 19.1 Å². The van der Waals surface area contributed by atoms with E-state index < -0.39 is 0 Å². The second kappa shape index (κ2) is 15.1. The molecule has 0 saturated carbocycles. The highest BCUT2D eigenvalue weighted by atomic mass is 32.1. The van der Waals surface area contributed by atoms with Gasteiger partial charge in [-0.2, -0.15) is 0 Å². The van der Waals surface area contributed by atoms with Crippen molar-refractivity contribution in [3.8, 4) is 22.1 Å². The fourth-order valence-corrected chi connectivity index (χ4v) is 4.87. The van der Waals surface area contributed by atoms with Crippen molar-refractivity contribution in [1.29, 1.82) is 0 Å². The molecule has 0 spiro atoms. The Morgan fingerprint density at radius 3 is 2.50 bits per heavy atom. The van der Waals surface area contributed by atoms with Crippen LogP contribution in [0.2, 0.25) is 0 Å². The number of nitrogens with zero attached hydrogens (tertiary/aromatic N) is 3. The Labute approximate surface area is 229 Å². The lowest BCUT2D eigenvalue weighted by Gasteiger charge is -2.23. The lowest BCUT2D eigenvalue weighted by atomic mass is 10.1. The maximum Gasteiger partial charge on any atom is 0.227 e. The first-order valence-electron chi connectivity index (χ1n) is 13.1. The van der Waals surface area contributed by atoms with E-state index in [0.29, 0.717) is 42.6 Å². The molecule has 0 aliphatic heterocycles. The first kappa shape index (κ1) is 29.1. The number of nitrogens with one attached hydrogen (secondary N) is 1. The number of benzene rings is 2. The van der Waals surface area contributed by atoms with Crippen LogP contribution in [0.5, 0.6) is 11.5 Å². The number of aryl methyl sites for hydroxylation is 1. The normalized spacial score (nSPS) is 10.7. The molecule has 2 aromatic carbocycles. The fraction of sp³-hybridized carbons (Fsp3) is 0.448. The quantitative estimate of drug-likeness (QED) is 0.242. The van der Waals surface area contributed by atoms with Gasteiger partial charge in [-0.1, -0.05) is 67.4 Å². The maximum atomic E-state index is 13.0. The van der Waals surface area contributed by atoms with Crippen LogP contribution in [-0.2, 0) is 16.0 Å². The molecule has 0 radical (unpaired) electrons. The molecule has 38 heavy (non-hydrogen) atoms. The maximum absolute atomic E-state index is 13.0. The van der Waals surface area contributed by atoms with E-state index in [1.807, 2.05) is 49.4 Å². The molecule has 0 saturated heterocycles. The molecule has 0 aliphatic rings. The van der Waals surface area contributed by atoms with E-state index in [0.717, 1.165) is 47.4 Å². The predicted octanol–water partition coefficient (Wildman–Crippen LogP) is 5.90. The minimum Gasteiger partial charge on any atom is -0.493 e. The van der Waals surface area contributed by atoms with Crippen LogP contribution < -0.4 is 14.8 Å². The molecule has 8 nitrogen and oxygen atoms in total. The van der Waals surface area contributed by atoms with E-state index in [-0.39, 0.29) is 18.2 Å². The molecular formula is C29H38N4O4S. The van der Waals surface area contributed by atoms with Crippen molar-refractivity contribution in [2.45, 2.75) is 58.8 Å². The van der Waals surface area contributed by atoms with Crippen LogP contribution in [-0.4, -0.2) is 54.2 Å². The number of carbonyl (C=O) groups is 2. The van der Waals surface area contributed by atoms with Gasteiger partial charge < -0.3 is 19.7 Å². The van der Waals surface area contributed by atoms with Gasteiger partial charge in [-0.05, 0) is 43.5 Å². The van der Waals surface area contributed by atoms with Crippen LogP contribution in [0.3, 0.4) is 0 Å². The average Bonchev–Trinajstić information content (AvgIpc) is 3.39. The third kappa shape index (κ3) is 8.83. The number of hydrogen-bond donors (Lipinski definition) is 1. The van der Waals surface area contributed by atoms with Crippen LogP contribution >= 0.6 is 11.3 Å².